The molecule has 2 rings (SSSR count). The molecule has 3 N–H and O–H groups in total. The average Bonchev–Trinajstić information content (AvgIpc) is 2.61. The third-order valence-corrected chi connectivity index (χ3v) is 3.59. The second kappa shape index (κ2) is 8.93. The lowest BCUT2D eigenvalue weighted by molar-refractivity contribution is 0.266. The van der Waals surface area contributed by atoms with E-state index in [1.54, 1.807) is 20.3 Å². The summed E-state index contributed by atoms with van der Waals surface area (Å²) in [5.74, 6) is 3.14. The molecule has 0 bridgehead atoms. The van der Waals surface area contributed by atoms with Crippen molar-refractivity contribution in [2.45, 2.75) is 13.3 Å². The number of benzene rings is 1. The number of hydrogen-bond acceptors (Lipinski definition) is 7. The molecular formula is C17H24N4O3. The molecule has 0 spiro atoms. The molecule has 1 aromatic heterocycles. The zero-order valence-electron chi connectivity index (χ0n) is 14.2. The van der Waals surface area contributed by atoms with Crippen molar-refractivity contribution in [3.63, 3.8) is 0 Å². The third kappa shape index (κ3) is 4.99. The van der Waals surface area contributed by atoms with E-state index < -0.39 is 0 Å². The Balaban J connectivity index is 2.06. The Hall–Kier alpha value is -2.54. The number of ether oxygens (including phenoxy) is 2. The number of aliphatic hydroxyl groups excluding tert-OH is 1. The van der Waals surface area contributed by atoms with Gasteiger partial charge in [-0.15, -0.1) is 0 Å². The van der Waals surface area contributed by atoms with E-state index in [-0.39, 0.29) is 6.61 Å². The Labute approximate surface area is 142 Å². The lowest BCUT2D eigenvalue weighted by Gasteiger charge is -2.14. The van der Waals surface area contributed by atoms with Crippen LogP contribution in [0.4, 0.5) is 17.3 Å². The van der Waals surface area contributed by atoms with Crippen LogP contribution in [-0.2, 0) is 0 Å². The molecule has 7 heteroatoms. The zero-order chi connectivity index (χ0) is 17.4. The van der Waals surface area contributed by atoms with Crippen LogP contribution in [0, 0.1) is 5.92 Å². The molecule has 0 saturated heterocycles. The largest absolute Gasteiger partial charge is 0.497 e. The summed E-state index contributed by atoms with van der Waals surface area (Å²) in [6.07, 6.45) is 2.25. The molecule has 0 aliphatic carbocycles. The van der Waals surface area contributed by atoms with Gasteiger partial charge in [0.05, 0.1) is 19.9 Å². The van der Waals surface area contributed by atoms with Crippen LogP contribution in [-0.4, -0.2) is 42.4 Å². The van der Waals surface area contributed by atoms with Crippen molar-refractivity contribution in [1.29, 1.82) is 0 Å². The molecule has 0 amide bonds. The second-order valence-electron chi connectivity index (χ2n) is 5.48. The molecule has 0 fully saturated rings. The SMILES string of the molecule is COc1ccc(Nc2cc(NCC(C)CCO)ncn2)c(OC)c1. The predicted molar refractivity (Wildman–Crippen MR) is 94.2 cm³/mol. The minimum absolute atomic E-state index is 0.191. The van der Waals surface area contributed by atoms with Gasteiger partial charge in [0.15, 0.2) is 0 Å². The molecule has 1 aromatic carbocycles. The van der Waals surface area contributed by atoms with Crippen LogP contribution in [0.3, 0.4) is 0 Å². The molecule has 1 unspecified atom stereocenters. The molecular weight excluding hydrogens is 308 g/mol. The van der Waals surface area contributed by atoms with Gasteiger partial charge in [-0.3, -0.25) is 0 Å². The highest BCUT2D eigenvalue weighted by molar-refractivity contribution is 5.66. The fourth-order valence-corrected chi connectivity index (χ4v) is 2.16. The van der Waals surface area contributed by atoms with Gasteiger partial charge in [-0.25, -0.2) is 9.97 Å². The highest BCUT2D eigenvalue weighted by Gasteiger charge is 2.07. The monoisotopic (exact) mass is 332 g/mol. The second-order valence-corrected chi connectivity index (χ2v) is 5.48. The lowest BCUT2D eigenvalue weighted by Crippen LogP contribution is -2.13. The van der Waals surface area contributed by atoms with E-state index >= 15 is 0 Å². The number of rotatable bonds is 9. The minimum Gasteiger partial charge on any atom is -0.497 e. The van der Waals surface area contributed by atoms with Gasteiger partial charge in [-0.1, -0.05) is 6.92 Å². The number of aromatic nitrogens is 2. The highest BCUT2D eigenvalue weighted by Crippen LogP contribution is 2.31. The topological polar surface area (TPSA) is 88.5 Å². The van der Waals surface area contributed by atoms with Gasteiger partial charge < -0.3 is 25.2 Å². The predicted octanol–water partition coefficient (Wildman–Crippen LogP) is 2.67. The van der Waals surface area contributed by atoms with Crippen LogP contribution in [0.1, 0.15) is 13.3 Å². The molecule has 0 saturated carbocycles. The van der Waals surface area contributed by atoms with Gasteiger partial charge in [-0.2, -0.15) is 0 Å². The molecule has 2 aromatic rings. The summed E-state index contributed by atoms with van der Waals surface area (Å²) in [6.45, 7) is 3.01. The van der Waals surface area contributed by atoms with Crippen LogP contribution >= 0.6 is 0 Å². The summed E-state index contributed by atoms with van der Waals surface area (Å²) >= 11 is 0. The Morgan fingerprint density at radius 1 is 1.12 bits per heavy atom. The normalized spacial score (nSPS) is 11.7. The van der Waals surface area contributed by atoms with Crippen LogP contribution in [0.15, 0.2) is 30.6 Å². The van der Waals surface area contributed by atoms with Crippen LogP contribution < -0.4 is 20.1 Å². The van der Waals surface area contributed by atoms with Gasteiger partial charge in [0, 0.05) is 25.3 Å². The summed E-state index contributed by atoms with van der Waals surface area (Å²) in [4.78, 5) is 8.43. The number of hydrogen-bond donors (Lipinski definition) is 3. The molecule has 7 nitrogen and oxygen atoms in total. The molecule has 0 aliphatic rings. The number of nitrogens with one attached hydrogen (secondary N) is 2. The first-order valence-electron chi connectivity index (χ1n) is 7.82. The first-order chi connectivity index (χ1) is 11.7. The van der Waals surface area contributed by atoms with Gasteiger partial charge in [0.1, 0.15) is 29.5 Å². The van der Waals surface area contributed by atoms with Crippen LogP contribution in [0.5, 0.6) is 11.5 Å². The van der Waals surface area contributed by atoms with Crippen molar-refractivity contribution >= 4 is 17.3 Å². The van der Waals surface area contributed by atoms with Crippen molar-refractivity contribution in [1.82, 2.24) is 9.97 Å². The van der Waals surface area contributed by atoms with Crippen LogP contribution in [0.25, 0.3) is 0 Å². The summed E-state index contributed by atoms with van der Waals surface area (Å²) < 4.78 is 10.6. The smallest absolute Gasteiger partial charge is 0.146 e. The number of nitrogens with zero attached hydrogens (tertiary/aromatic N) is 2. The summed E-state index contributed by atoms with van der Waals surface area (Å²) in [7, 11) is 3.22. The zero-order valence-corrected chi connectivity index (χ0v) is 14.2. The summed E-state index contributed by atoms with van der Waals surface area (Å²) in [5, 5.41) is 15.4. The van der Waals surface area contributed by atoms with E-state index in [2.05, 4.69) is 27.5 Å². The van der Waals surface area contributed by atoms with Gasteiger partial charge in [-0.05, 0) is 24.5 Å². The Morgan fingerprint density at radius 3 is 2.62 bits per heavy atom. The van der Waals surface area contributed by atoms with Gasteiger partial charge in [0.25, 0.3) is 0 Å². The average molecular weight is 332 g/mol. The standard InChI is InChI=1S/C17H24N4O3/c1-12(6-7-22)10-18-16-9-17(20-11-19-16)21-14-5-4-13(23-2)8-15(14)24-3/h4-5,8-9,11-12,22H,6-7,10H2,1-3H3,(H2,18,19,20,21). The molecule has 1 atom stereocenters. The van der Waals surface area contributed by atoms with Crippen molar-refractivity contribution < 1.29 is 14.6 Å². The Bertz CT molecular complexity index is 651. The maximum atomic E-state index is 8.94. The van der Waals surface area contributed by atoms with E-state index in [0.29, 0.717) is 17.5 Å². The molecule has 0 aliphatic heterocycles. The van der Waals surface area contributed by atoms with E-state index in [1.807, 2.05) is 18.2 Å². The first kappa shape index (κ1) is 17.8. The van der Waals surface area contributed by atoms with Crippen molar-refractivity contribution in [3.8, 4) is 11.5 Å². The quantitative estimate of drug-likeness (QED) is 0.650. The Kier molecular flexibility index (Phi) is 6.62. The van der Waals surface area contributed by atoms with Crippen LogP contribution in [0.2, 0.25) is 0 Å². The fourth-order valence-electron chi connectivity index (χ4n) is 2.16. The molecule has 0 radical (unpaired) electrons. The number of methoxy groups -OCH3 is 2. The molecule has 1 heterocycles. The maximum Gasteiger partial charge on any atom is 0.146 e. The number of aliphatic hydroxyl groups is 1. The van der Waals surface area contributed by atoms with Crippen molar-refractivity contribution in [2.24, 2.45) is 5.92 Å². The lowest BCUT2D eigenvalue weighted by atomic mass is 10.1. The van der Waals surface area contributed by atoms with Crippen molar-refractivity contribution in [2.75, 3.05) is 38.0 Å². The first-order valence-corrected chi connectivity index (χ1v) is 7.82. The van der Waals surface area contributed by atoms with E-state index in [4.69, 9.17) is 14.6 Å². The summed E-state index contributed by atoms with van der Waals surface area (Å²) in [6, 6.07) is 7.35. The third-order valence-electron chi connectivity index (χ3n) is 3.59. The summed E-state index contributed by atoms with van der Waals surface area (Å²) in [5.41, 5.74) is 0.789. The van der Waals surface area contributed by atoms with E-state index in [9.17, 15) is 0 Å². The molecule has 130 valence electrons. The maximum absolute atomic E-state index is 8.94. The van der Waals surface area contributed by atoms with E-state index in [1.165, 1.54) is 6.33 Å². The van der Waals surface area contributed by atoms with Gasteiger partial charge >= 0.3 is 0 Å². The highest BCUT2D eigenvalue weighted by atomic mass is 16.5. The van der Waals surface area contributed by atoms with Gasteiger partial charge in [0.2, 0.25) is 0 Å². The number of anilines is 3. The minimum atomic E-state index is 0.191. The Morgan fingerprint density at radius 2 is 1.92 bits per heavy atom. The van der Waals surface area contributed by atoms with Crippen molar-refractivity contribution in [3.05, 3.63) is 30.6 Å². The van der Waals surface area contributed by atoms with E-state index in [0.717, 1.165) is 30.2 Å². The fraction of sp³-hybridized carbons (Fsp3) is 0.412. The molecule has 24 heavy (non-hydrogen) atoms.